The van der Waals surface area contributed by atoms with Crippen LogP contribution in [0.4, 0.5) is 5.69 Å². The molecule has 0 aliphatic rings. The Kier molecular flexibility index (Phi) is 3.06. The van der Waals surface area contributed by atoms with Gasteiger partial charge in [-0.25, -0.2) is 4.98 Å². The van der Waals surface area contributed by atoms with Gasteiger partial charge < -0.3 is 10.3 Å². The predicted molar refractivity (Wildman–Crippen MR) is 64.8 cm³/mol. The Morgan fingerprint density at radius 3 is 3.00 bits per heavy atom. The van der Waals surface area contributed by atoms with Crippen LogP contribution < -0.4 is 5.32 Å². The molecule has 2 aromatic rings. The van der Waals surface area contributed by atoms with E-state index < -0.39 is 0 Å². The van der Waals surface area contributed by atoms with Gasteiger partial charge in [-0.3, -0.25) is 0 Å². The molecule has 3 nitrogen and oxygen atoms in total. The smallest absolute Gasteiger partial charge is 0.125 e. The molecule has 0 fully saturated rings. The monoisotopic (exact) mass is 265 g/mol. The topological polar surface area (TPSA) is 40.7 Å². The third-order valence-electron chi connectivity index (χ3n) is 2.17. The van der Waals surface area contributed by atoms with Gasteiger partial charge in [0.1, 0.15) is 5.82 Å². The fraction of sp³-hybridized carbons (Fsp3) is 0.182. The van der Waals surface area contributed by atoms with E-state index in [1.807, 2.05) is 18.3 Å². The average Bonchev–Trinajstić information content (AvgIpc) is 2.73. The minimum absolute atomic E-state index is 0.716. The Bertz CT molecular complexity index is 437. The molecule has 1 heterocycles. The zero-order chi connectivity index (χ0) is 10.7. The first-order valence-electron chi connectivity index (χ1n) is 4.74. The van der Waals surface area contributed by atoms with Gasteiger partial charge >= 0.3 is 0 Å². The van der Waals surface area contributed by atoms with E-state index in [-0.39, 0.29) is 0 Å². The maximum atomic E-state index is 4.14. The number of hydrogen-bond donors (Lipinski definition) is 2. The molecule has 0 spiro atoms. The molecule has 4 heteroatoms. The van der Waals surface area contributed by atoms with E-state index in [4.69, 9.17) is 0 Å². The SMILES string of the molecule is Cc1cc(NCc2ncc[nH]2)ccc1Br. The number of H-pyrrole nitrogens is 1. The molecule has 2 rings (SSSR count). The highest BCUT2D eigenvalue weighted by Gasteiger charge is 1.98. The van der Waals surface area contributed by atoms with Crippen molar-refractivity contribution >= 4 is 21.6 Å². The van der Waals surface area contributed by atoms with Crippen LogP contribution in [0.25, 0.3) is 0 Å². The lowest BCUT2D eigenvalue weighted by Gasteiger charge is -2.06. The molecular formula is C11H12BrN3. The summed E-state index contributed by atoms with van der Waals surface area (Å²) in [5.74, 6) is 0.940. The number of nitrogens with one attached hydrogen (secondary N) is 2. The maximum absolute atomic E-state index is 4.14. The Morgan fingerprint density at radius 1 is 1.47 bits per heavy atom. The van der Waals surface area contributed by atoms with E-state index in [0.717, 1.165) is 16.0 Å². The molecule has 15 heavy (non-hydrogen) atoms. The number of rotatable bonds is 3. The number of aromatic amines is 1. The summed E-state index contributed by atoms with van der Waals surface area (Å²) in [6.07, 6.45) is 3.58. The third-order valence-corrected chi connectivity index (χ3v) is 3.06. The van der Waals surface area contributed by atoms with Gasteiger partial charge in [0.2, 0.25) is 0 Å². The van der Waals surface area contributed by atoms with Crippen LogP contribution >= 0.6 is 15.9 Å². The van der Waals surface area contributed by atoms with Crippen molar-refractivity contribution in [1.29, 1.82) is 0 Å². The third kappa shape index (κ3) is 2.59. The number of imidazole rings is 1. The summed E-state index contributed by atoms with van der Waals surface area (Å²) in [7, 11) is 0. The van der Waals surface area contributed by atoms with Crippen molar-refractivity contribution in [2.24, 2.45) is 0 Å². The molecule has 0 amide bonds. The summed E-state index contributed by atoms with van der Waals surface area (Å²) in [6, 6.07) is 6.19. The van der Waals surface area contributed by atoms with Crippen molar-refractivity contribution in [3.63, 3.8) is 0 Å². The largest absolute Gasteiger partial charge is 0.378 e. The van der Waals surface area contributed by atoms with Crippen molar-refractivity contribution in [3.8, 4) is 0 Å². The summed E-state index contributed by atoms with van der Waals surface area (Å²) in [5, 5.41) is 3.30. The lowest BCUT2D eigenvalue weighted by molar-refractivity contribution is 0.999. The number of anilines is 1. The van der Waals surface area contributed by atoms with Crippen LogP contribution in [0.3, 0.4) is 0 Å². The first-order chi connectivity index (χ1) is 7.25. The van der Waals surface area contributed by atoms with E-state index in [0.29, 0.717) is 6.54 Å². The normalized spacial score (nSPS) is 10.3. The fourth-order valence-corrected chi connectivity index (χ4v) is 1.58. The number of nitrogens with zero attached hydrogens (tertiary/aromatic N) is 1. The Labute approximate surface area is 97.1 Å². The quantitative estimate of drug-likeness (QED) is 0.896. The second-order valence-electron chi connectivity index (χ2n) is 3.35. The molecule has 0 saturated carbocycles. The molecule has 1 aromatic carbocycles. The Morgan fingerprint density at radius 2 is 2.33 bits per heavy atom. The van der Waals surface area contributed by atoms with Crippen LogP contribution in [-0.4, -0.2) is 9.97 Å². The fourth-order valence-electron chi connectivity index (χ4n) is 1.34. The van der Waals surface area contributed by atoms with Crippen LogP contribution in [0.2, 0.25) is 0 Å². The zero-order valence-electron chi connectivity index (χ0n) is 8.42. The number of hydrogen-bond acceptors (Lipinski definition) is 2. The number of aromatic nitrogens is 2. The van der Waals surface area contributed by atoms with Gasteiger partial charge in [0, 0.05) is 22.6 Å². The van der Waals surface area contributed by atoms with E-state index in [2.05, 4.69) is 44.2 Å². The molecule has 2 N–H and O–H groups in total. The molecular weight excluding hydrogens is 254 g/mol. The van der Waals surface area contributed by atoms with Crippen molar-refractivity contribution in [3.05, 3.63) is 46.5 Å². The van der Waals surface area contributed by atoms with Crippen LogP contribution in [0.1, 0.15) is 11.4 Å². The lowest BCUT2D eigenvalue weighted by Crippen LogP contribution is -2.01. The van der Waals surface area contributed by atoms with Gasteiger partial charge in [0.05, 0.1) is 6.54 Å². The van der Waals surface area contributed by atoms with E-state index in [9.17, 15) is 0 Å². The van der Waals surface area contributed by atoms with Gasteiger partial charge in [-0.1, -0.05) is 15.9 Å². The summed E-state index contributed by atoms with van der Waals surface area (Å²) in [5.41, 5.74) is 2.33. The summed E-state index contributed by atoms with van der Waals surface area (Å²) < 4.78 is 1.13. The minimum Gasteiger partial charge on any atom is -0.378 e. The molecule has 78 valence electrons. The van der Waals surface area contributed by atoms with E-state index >= 15 is 0 Å². The minimum atomic E-state index is 0.716. The number of benzene rings is 1. The van der Waals surface area contributed by atoms with Crippen LogP contribution in [-0.2, 0) is 6.54 Å². The maximum Gasteiger partial charge on any atom is 0.125 e. The van der Waals surface area contributed by atoms with Crippen LogP contribution in [0.15, 0.2) is 35.1 Å². The summed E-state index contributed by atoms with van der Waals surface area (Å²) in [6.45, 7) is 2.79. The highest BCUT2D eigenvalue weighted by atomic mass is 79.9. The molecule has 0 unspecified atom stereocenters. The molecule has 0 atom stereocenters. The Hall–Kier alpha value is -1.29. The molecule has 0 bridgehead atoms. The molecule has 0 saturated heterocycles. The van der Waals surface area contributed by atoms with Crippen molar-refractivity contribution in [2.45, 2.75) is 13.5 Å². The van der Waals surface area contributed by atoms with Gasteiger partial charge in [0.25, 0.3) is 0 Å². The Balaban J connectivity index is 2.02. The summed E-state index contributed by atoms with van der Waals surface area (Å²) >= 11 is 3.47. The van der Waals surface area contributed by atoms with Crippen LogP contribution in [0, 0.1) is 6.92 Å². The number of halogens is 1. The first kappa shape index (κ1) is 10.2. The highest BCUT2D eigenvalue weighted by Crippen LogP contribution is 2.20. The van der Waals surface area contributed by atoms with Gasteiger partial charge in [-0.15, -0.1) is 0 Å². The molecule has 0 aliphatic carbocycles. The van der Waals surface area contributed by atoms with Gasteiger partial charge in [0.15, 0.2) is 0 Å². The second kappa shape index (κ2) is 4.49. The van der Waals surface area contributed by atoms with Crippen molar-refractivity contribution in [2.75, 3.05) is 5.32 Å². The zero-order valence-corrected chi connectivity index (χ0v) is 10.0. The second-order valence-corrected chi connectivity index (χ2v) is 4.21. The van der Waals surface area contributed by atoms with Crippen LogP contribution in [0.5, 0.6) is 0 Å². The molecule has 1 aromatic heterocycles. The standard InChI is InChI=1S/C11H12BrN3/c1-8-6-9(2-3-10(8)12)15-7-11-13-4-5-14-11/h2-6,15H,7H2,1H3,(H,13,14). The molecule has 0 aliphatic heterocycles. The average molecular weight is 266 g/mol. The lowest BCUT2D eigenvalue weighted by atomic mass is 10.2. The first-order valence-corrected chi connectivity index (χ1v) is 5.53. The van der Waals surface area contributed by atoms with E-state index in [1.54, 1.807) is 6.20 Å². The number of aryl methyl sites for hydroxylation is 1. The highest BCUT2D eigenvalue weighted by molar-refractivity contribution is 9.10. The molecule has 0 radical (unpaired) electrons. The van der Waals surface area contributed by atoms with Crippen molar-refractivity contribution in [1.82, 2.24) is 9.97 Å². The summed E-state index contributed by atoms with van der Waals surface area (Å²) in [4.78, 5) is 7.19. The van der Waals surface area contributed by atoms with Crippen molar-refractivity contribution < 1.29 is 0 Å². The predicted octanol–water partition coefficient (Wildman–Crippen LogP) is 3.09. The van der Waals surface area contributed by atoms with E-state index in [1.165, 1.54) is 5.56 Å². The van der Waals surface area contributed by atoms with Gasteiger partial charge in [-0.2, -0.15) is 0 Å². The van der Waals surface area contributed by atoms with Gasteiger partial charge in [-0.05, 0) is 30.7 Å².